The lowest BCUT2D eigenvalue weighted by molar-refractivity contribution is 0.187. The summed E-state index contributed by atoms with van der Waals surface area (Å²) in [6.45, 7) is 5.61. The summed E-state index contributed by atoms with van der Waals surface area (Å²) in [5.41, 5.74) is 0.303. The summed E-state index contributed by atoms with van der Waals surface area (Å²) < 4.78 is 19.1. The first kappa shape index (κ1) is 13.0. The van der Waals surface area contributed by atoms with Gasteiger partial charge < -0.3 is 9.84 Å². The molecule has 0 bridgehead atoms. The standard InChI is InChI=1S/C13H19FO2/c1-4-10(5-2)16-11-6-7-12(9(3)15)13(14)8-11/h6-10,15H,4-5H2,1-3H3/t9-/m0/s1. The van der Waals surface area contributed by atoms with E-state index in [0.717, 1.165) is 12.8 Å². The number of rotatable bonds is 5. The van der Waals surface area contributed by atoms with Crippen molar-refractivity contribution >= 4 is 0 Å². The molecule has 1 N–H and O–H groups in total. The summed E-state index contributed by atoms with van der Waals surface area (Å²) in [6.07, 6.45) is 1.13. The van der Waals surface area contributed by atoms with E-state index in [9.17, 15) is 9.50 Å². The molecule has 1 rings (SSSR count). The predicted molar refractivity (Wildman–Crippen MR) is 62.0 cm³/mol. The fraction of sp³-hybridized carbons (Fsp3) is 0.538. The molecule has 0 unspecified atom stereocenters. The van der Waals surface area contributed by atoms with Crippen molar-refractivity contribution in [3.05, 3.63) is 29.6 Å². The minimum Gasteiger partial charge on any atom is -0.490 e. The highest BCUT2D eigenvalue weighted by molar-refractivity contribution is 5.30. The summed E-state index contributed by atoms with van der Waals surface area (Å²) in [5.74, 6) is 0.106. The normalized spacial score (nSPS) is 12.9. The third-order valence-electron chi connectivity index (χ3n) is 2.64. The first-order valence-electron chi connectivity index (χ1n) is 5.72. The van der Waals surface area contributed by atoms with Gasteiger partial charge in [0.2, 0.25) is 0 Å². The second-order valence-corrected chi connectivity index (χ2v) is 3.92. The molecule has 1 aromatic carbocycles. The van der Waals surface area contributed by atoms with Crippen LogP contribution in [0.4, 0.5) is 4.39 Å². The average Bonchev–Trinajstić information content (AvgIpc) is 2.25. The number of hydrogen-bond donors (Lipinski definition) is 1. The molecular formula is C13H19FO2. The highest BCUT2D eigenvalue weighted by Gasteiger charge is 2.11. The van der Waals surface area contributed by atoms with Gasteiger partial charge in [-0.05, 0) is 31.9 Å². The van der Waals surface area contributed by atoms with Gasteiger partial charge in [-0.3, -0.25) is 0 Å². The zero-order valence-electron chi connectivity index (χ0n) is 10.0. The van der Waals surface area contributed by atoms with E-state index in [1.165, 1.54) is 6.07 Å². The summed E-state index contributed by atoms with van der Waals surface area (Å²) in [6, 6.07) is 4.60. The lowest BCUT2D eigenvalue weighted by Crippen LogP contribution is -2.13. The van der Waals surface area contributed by atoms with Crippen LogP contribution in [-0.2, 0) is 0 Å². The molecule has 90 valence electrons. The molecule has 0 heterocycles. The largest absolute Gasteiger partial charge is 0.490 e. The second-order valence-electron chi connectivity index (χ2n) is 3.92. The summed E-state index contributed by atoms with van der Waals surface area (Å²) >= 11 is 0. The molecule has 0 radical (unpaired) electrons. The van der Waals surface area contributed by atoms with E-state index < -0.39 is 11.9 Å². The number of ether oxygens (including phenoxy) is 1. The van der Waals surface area contributed by atoms with Gasteiger partial charge in [-0.1, -0.05) is 13.8 Å². The van der Waals surface area contributed by atoms with Gasteiger partial charge in [0.05, 0.1) is 12.2 Å². The molecule has 0 amide bonds. The van der Waals surface area contributed by atoms with Crippen LogP contribution in [0.2, 0.25) is 0 Å². The van der Waals surface area contributed by atoms with E-state index in [0.29, 0.717) is 11.3 Å². The smallest absolute Gasteiger partial charge is 0.132 e. The maximum Gasteiger partial charge on any atom is 0.132 e. The van der Waals surface area contributed by atoms with Crippen molar-refractivity contribution in [2.24, 2.45) is 0 Å². The quantitative estimate of drug-likeness (QED) is 0.833. The van der Waals surface area contributed by atoms with Gasteiger partial charge in [-0.25, -0.2) is 4.39 Å². The van der Waals surface area contributed by atoms with Crippen LogP contribution in [0.15, 0.2) is 18.2 Å². The van der Waals surface area contributed by atoms with E-state index in [2.05, 4.69) is 0 Å². The number of hydrogen-bond acceptors (Lipinski definition) is 2. The monoisotopic (exact) mass is 226 g/mol. The summed E-state index contributed by atoms with van der Waals surface area (Å²) in [5, 5.41) is 9.29. The zero-order valence-corrected chi connectivity index (χ0v) is 10.0. The molecule has 16 heavy (non-hydrogen) atoms. The highest BCUT2D eigenvalue weighted by atomic mass is 19.1. The van der Waals surface area contributed by atoms with E-state index in [1.807, 2.05) is 13.8 Å². The van der Waals surface area contributed by atoms with Crippen molar-refractivity contribution in [3.63, 3.8) is 0 Å². The van der Waals surface area contributed by atoms with Crippen molar-refractivity contribution in [3.8, 4) is 5.75 Å². The Kier molecular flexibility index (Phi) is 4.74. The first-order valence-corrected chi connectivity index (χ1v) is 5.72. The van der Waals surface area contributed by atoms with Crippen molar-refractivity contribution in [1.29, 1.82) is 0 Å². The SMILES string of the molecule is CCC(CC)Oc1ccc([C@H](C)O)c(F)c1. The molecule has 1 atom stereocenters. The van der Waals surface area contributed by atoms with Gasteiger partial charge in [0.25, 0.3) is 0 Å². The van der Waals surface area contributed by atoms with Gasteiger partial charge in [0.15, 0.2) is 0 Å². The van der Waals surface area contributed by atoms with Crippen LogP contribution >= 0.6 is 0 Å². The van der Waals surface area contributed by atoms with E-state index in [1.54, 1.807) is 19.1 Å². The third kappa shape index (κ3) is 3.20. The fourth-order valence-electron chi connectivity index (χ4n) is 1.57. The van der Waals surface area contributed by atoms with Crippen molar-refractivity contribution in [2.75, 3.05) is 0 Å². The molecule has 3 heteroatoms. The van der Waals surface area contributed by atoms with E-state index in [4.69, 9.17) is 4.74 Å². The van der Waals surface area contributed by atoms with Crippen molar-refractivity contribution in [2.45, 2.75) is 45.8 Å². The van der Waals surface area contributed by atoms with Crippen LogP contribution in [-0.4, -0.2) is 11.2 Å². The predicted octanol–water partition coefficient (Wildman–Crippen LogP) is 3.45. The minimum absolute atomic E-state index is 0.122. The Hall–Kier alpha value is -1.09. The highest BCUT2D eigenvalue weighted by Crippen LogP contribution is 2.23. The lowest BCUT2D eigenvalue weighted by atomic mass is 10.1. The molecule has 2 nitrogen and oxygen atoms in total. The van der Waals surface area contributed by atoms with Gasteiger partial charge in [0, 0.05) is 11.6 Å². The van der Waals surface area contributed by atoms with Crippen LogP contribution < -0.4 is 4.74 Å². The molecule has 0 spiro atoms. The maximum absolute atomic E-state index is 13.5. The molecule has 0 fully saturated rings. The Morgan fingerprint density at radius 1 is 1.31 bits per heavy atom. The Morgan fingerprint density at radius 3 is 2.38 bits per heavy atom. The fourth-order valence-corrected chi connectivity index (χ4v) is 1.57. The van der Waals surface area contributed by atoms with Crippen molar-refractivity contribution in [1.82, 2.24) is 0 Å². The molecule has 0 saturated carbocycles. The van der Waals surface area contributed by atoms with Gasteiger partial charge in [-0.2, -0.15) is 0 Å². The molecule has 0 aliphatic heterocycles. The third-order valence-corrected chi connectivity index (χ3v) is 2.64. The van der Waals surface area contributed by atoms with E-state index >= 15 is 0 Å². The number of benzene rings is 1. The van der Waals surface area contributed by atoms with Crippen LogP contribution in [0.5, 0.6) is 5.75 Å². The molecule has 0 saturated heterocycles. The Morgan fingerprint density at radius 2 is 1.94 bits per heavy atom. The van der Waals surface area contributed by atoms with Crippen LogP contribution in [0.1, 0.15) is 45.3 Å². The first-order chi connectivity index (χ1) is 7.58. The number of aliphatic hydroxyl groups excluding tert-OH is 1. The van der Waals surface area contributed by atoms with Gasteiger partial charge in [-0.15, -0.1) is 0 Å². The van der Waals surface area contributed by atoms with Crippen LogP contribution in [0.3, 0.4) is 0 Å². The lowest BCUT2D eigenvalue weighted by Gasteiger charge is -2.16. The maximum atomic E-state index is 13.5. The molecule has 0 aliphatic rings. The Labute approximate surface area is 96.1 Å². The topological polar surface area (TPSA) is 29.5 Å². The molecular weight excluding hydrogens is 207 g/mol. The minimum atomic E-state index is -0.790. The molecule has 1 aromatic rings. The second kappa shape index (κ2) is 5.85. The summed E-state index contributed by atoms with van der Waals surface area (Å²) in [4.78, 5) is 0. The van der Waals surface area contributed by atoms with Crippen molar-refractivity contribution < 1.29 is 14.2 Å². The zero-order chi connectivity index (χ0) is 12.1. The van der Waals surface area contributed by atoms with Gasteiger partial charge in [0.1, 0.15) is 11.6 Å². The number of aliphatic hydroxyl groups is 1. The molecule has 0 aromatic heterocycles. The van der Waals surface area contributed by atoms with Crippen LogP contribution in [0, 0.1) is 5.82 Å². The molecule has 0 aliphatic carbocycles. The average molecular weight is 226 g/mol. The Bertz CT molecular complexity index is 333. The van der Waals surface area contributed by atoms with E-state index in [-0.39, 0.29) is 6.10 Å². The van der Waals surface area contributed by atoms with Gasteiger partial charge >= 0.3 is 0 Å². The van der Waals surface area contributed by atoms with Crippen LogP contribution in [0.25, 0.3) is 0 Å². The summed E-state index contributed by atoms with van der Waals surface area (Å²) in [7, 11) is 0. The number of halogens is 1. The Balaban J connectivity index is 2.80.